The number of esters is 1. The number of allylic oxidation sites excluding steroid dienone is 1. The molecule has 0 atom stereocenters. The van der Waals surface area contributed by atoms with Gasteiger partial charge in [-0.25, -0.2) is 9.18 Å². The van der Waals surface area contributed by atoms with Gasteiger partial charge in [0.15, 0.2) is 12.4 Å². The fraction of sp³-hybridized carbons (Fsp3) is 0.267. The van der Waals surface area contributed by atoms with E-state index in [0.717, 1.165) is 6.07 Å². The van der Waals surface area contributed by atoms with Crippen LogP contribution in [0.1, 0.15) is 29.3 Å². The number of nitrogens with two attached hydrogens (primary N) is 2. The van der Waals surface area contributed by atoms with Crippen LogP contribution in [0.2, 0.25) is 0 Å². The Balaban J connectivity index is 2.94. The second-order valence-corrected chi connectivity index (χ2v) is 4.86. The fourth-order valence-corrected chi connectivity index (χ4v) is 1.79. The number of carbonyl (C=O) groups is 2. The molecule has 0 aliphatic rings. The fourth-order valence-electron chi connectivity index (χ4n) is 1.79. The predicted octanol–water partition coefficient (Wildman–Crippen LogP) is 2.13. The number of amidine groups is 1. The van der Waals surface area contributed by atoms with Crippen molar-refractivity contribution in [2.75, 3.05) is 6.61 Å². The SMILES string of the molecule is CC/C(N)=C(/C(=N)N)C(=O)OCC(=O)c1ccc(F)c(C(F)(F)F)c1. The van der Waals surface area contributed by atoms with Crippen molar-refractivity contribution in [3.63, 3.8) is 0 Å². The summed E-state index contributed by atoms with van der Waals surface area (Å²) in [6, 6.07) is 1.66. The Morgan fingerprint density at radius 3 is 2.32 bits per heavy atom. The van der Waals surface area contributed by atoms with Crippen LogP contribution in [0.25, 0.3) is 0 Å². The van der Waals surface area contributed by atoms with Crippen LogP contribution in [-0.4, -0.2) is 24.2 Å². The summed E-state index contributed by atoms with van der Waals surface area (Å²) in [5.41, 5.74) is 8.18. The molecule has 0 aromatic heterocycles. The Labute approximate surface area is 139 Å². The lowest BCUT2D eigenvalue weighted by molar-refractivity contribution is -0.140. The Morgan fingerprint density at radius 2 is 1.84 bits per heavy atom. The minimum Gasteiger partial charge on any atom is -0.454 e. The van der Waals surface area contributed by atoms with Crippen molar-refractivity contribution in [3.8, 4) is 0 Å². The summed E-state index contributed by atoms with van der Waals surface area (Å²) in [6.07, 6.45) is -4.79. The van der Waals surface area contributed by atoms with Gasteiger partial charge in [-0.05, 0) is 24.6 Å². The van der Waals surface area contributed by atoms with Gasteiger partial charge in [-0.2, -0.15) is 13.2 Å². The zero-order chi connectivity index (χ0) is 19.4. The van der Waals surface area contributed by atoms with E-state index in [1.54, 1.807) is 6.92 Å². The van der Waals surface area contributed by atoms with Crippen LogP contribution < -0.4 is 11.5 Å². The average Bonchev–Trinajstić information content (AvgIpc) is 2.51. The van der Waals surface area contributed by atoms with Gasteiger partial charge in [0.2, 0.25) is 0 Å². The van der Waals surface area contributed by atoms with Gasteiger partial charge in [-0.1, -0.05) is 6.92 Å². The van der Waals surface area contributed by atoms with Crippen molar-refractivity contribution < 1.29 is 31.9 Å². The number of nitrogens with one attached hydrogen (secondary N) is 1. The maximum atomic E-state index is 13.2. The van der Waals surface area contributed by atoms with Gasteiger partial charge in [0.1, 0.15) is 17.2 Å². The molecule has 0 spiro atoms. The van der Waals surface area contributed by atoms with Gasteiger partial charge >= 0.3 is 12.1 Å². The van der Waals surface area contributed by atoms with E-state index < -0.39 is 52.9 Å². The van der Waals surface area contributed by atoms with E-state index >= 15 is 0 Å². The molecule has 1 aromatic rings. The molecule has 0 bridgehead atoms. The number of hydrogen-bond donors (Lipinski definition) is 3. The number of halogens is 4. The van der Waals surface area contributed by atoms with Crippen molar-refractivity contribution in [1.29, 1.82) is 5.41 Å². The van der Waals surface area contributed by atoms with Crippen LogP contribution in [0.15, 0.2) is 29.5 Å². The summed E-state index contributed by atoms with van der Waals surface area (Å²) < 4.78 is 55.7. The maximum absolute atomic E-state index is 13.2. The molecule has 6 nitrogen and oxygen atoms in total. The zero-order valence-corrected chi connectivity index (χ0v) is 13.0. The summed E-state index contributed by atoms with van der Waals surface area (Å²) in [5.74, 6) is -4.34. The Hall–Kier alpha value is -2.91. The van der Waals surface area contributed by atoms with Crippen LogP contribution in [0.4, 0.5) is 17.6 Å². The molecule has 0 amide bonds. The Kier molecular flexibility index (Phi) is 6.26. The largest absolute Gasteiger partial charge is 0.454 e. The standard InChI is InChI=1S/C15H15F4N3O3/c1-2-10(20)12(13(21)22)14(24)25-6-11(23)7-3-4-9(16)8(5-7)15(17,18)19/h3-5H,2,6,20H2,1H3,(H3,21,22)/b12-10+. The molecule has 1 rings (SSSR count). The lowest BCUT2D eigenvalue weighted by Crippen LogP contribution is -2.27. The van der Waals surface area contributed by atoms with Crippen molar-refractivity contribution in [1.82, 2.24) is 0 Å². The highest BCUT2D eigenvalue weighted by atomic mass is 19.4. The van der Waals surface area contributed by atoms with Gasteiger partial charge in [-0.3, -0.25) is 10.2 Å². The summed E-state index contributed by atoms with van der Waals surface area (Å²) in [6.45, 7) is 0.670. The van der Waals surface area contributed by atoms with E-state index in [-0.39, 0.29) is 12.1 Å². The Morgan fingerprint density at radius 1 is 1.24 bits per heavy atom. The number of ketones is 1. The number of rotatable bonds is 6. The maximum Gasteiger partial charge on any atom is 0.419 e. The van der Waals surface area contributed by atoms with Crippen molar-refractivity contribution in [2.24, 2.45) is 11.5 Å². The van der Waals surface area contributed by atoms with Crippen LogP contribution in [-0.2, 0) is 15.7 Å². The molecule has 5 N–H and O–H groups in total. The first-order chi connectivity index (χ1) is 11.5. The molecule has 0 aliphatic heterocycles. The lowest BCUT2D eigenvalue weighted by atomic mass is 10.1. The third kappa shape index (κ3) is 5.03. The molecule has 10 heteroatoms. The van der Waals surface area contributed by atoms with E-state index in [0.29, 0.717) is 12.1 Å². The average molecular weight is 361 g/mol. The van der Waals surface area contributed by atoms with Crippen LogP contribution >= 0.6 is 0 Å². The lowest BCUT2D eigenvalue weighted by Gasteiger charge is -2.11. The number of benzene rings is 1. The van der Waals surface area contributed by atoms with Gasteiger partial charge in [0.25, 0.3) is 0 Å². The minimum absolute atomic E-state index is 0.0360. The van der Waals surface area contributed by atoms with E-state index in [1.807, 2.05) is 0 Å². The summed E-state index contributed by atoms with van der Waals surface area (Å²) in [7, 11) is 0. The normalized spacial score (nSPS) is 12.4. The predicted molar refractivity (Wildman–Crippen MR) is 80.1 cm³/mol. The molecule has 0 saturated heterocycles. The van der Waals surface area contributed by atoms with Crippen LogP contribution in [0, 0.1) is 11.2 Å². The van der Waals surface area contributed by atoms with E-state index in [4.69, 9.17) is 16.9 Å². The third-order valence-electron chi connectivity index (χ3n) is 3.10. The van der Waals surface area contributed by atoms with Crippen LogP contribution in [0.5, 0.6) is 0 Å². The number of Topliss-reactive ketones (excluding diaryl/α,β-unsaturated/α-hetero) is 1. The first-order valence-corrected chi connectivity index (χ1v) is 6.89. The molecule has 0 fully saturated rings. The number of carbonyl (C=O) groups excluding carboxylic acids is 2. The number of alkyl halides is 3. The van der Waals surface area contributed by atoms with E-state index in [2.05, 4.69) is 4.74 Å². The molecule has 0 radical (unpaired) electrons. The smallest absolute Gasteiger partial charge is 0.419 e. The second-order valence-electron chi connectivity index (χ2n) is 4.86. The quantitative estimate of drug-likeness (QED) is 0.179. The summed E-state index contributed by atoms with van der Waals surface area (Å²) in [4.78, 5) is 23.7. The molecule has 136 valence electrons. The molecular formula is C15H15F4N3O3. The molecule has 25 heavy (non-hydrogen) atoms. The topological polar surface area (TPSA) is 119 Å². The second kappa shape index (κ2) is 7.77. The Bertz CT molecular complexity index is 742. The van der Waals surface area contributed by atoms with Gasteiger partial charge in [-0.15, -0.1) is 0 Å². The van der Waals surface area contributed by atoms with Crippen molar-refractivity contribution in [2.45, 2.75) is 19.5 Å². The van der Waals surface area contributed by atoms with E-state index in [1.165, 1.54) is 0 Å². The highest BCUT2D eigenvalue weighted by Crippen LogP contribution is 2.32. The molecule has 1 aromatic carbocycles. The highest BCUT2D eigenvalue weighted by molar-refractivity contribution is 6.17. The number of hydrogen-bond acceptors (Lipinski definition) is 5. The molecule has 0 aliphatic carbocycles. The molecular weight excluding hydrogens is 346 g/mol. The monoisotopic (exact) mass is 361 g/mol. The first-order valence-electron chi connectivity index (χ1n) is 6.89. The zero-order valence-electron chi connectivity index (χ0n) is 13.0. The minimum atomic E-state index is -4.98. The first kappa shape index (κ1) is 20.1. The van der Waals surface area contributed by atoms with Crippen LogP contribution in [0.3, 0.4) is 0 Å². The van der Waals surface area contributed by atoms with Gasteiger partial charge in [0, 0.05) is 11.3 Å². The summed E-state index contributed by atoms with van der Waals surface area (Å²) in [5, 5.41) is 7.27. The van der Waals surface area contributed by atoms with Gasteiger partial charge in [0.05, 0.1) is 5.56 Å². The molecule has 0 heterocycles. The van der Waals surface area contributed by atoms with Crippen molar-refractivity contribution in [3.05, 3.63) is 46.4 Å². The van der Waals surface area contributed by atoms with E-state index in [9.17, 15) is 27.2 Å². The highest BCUT2D eigenvalue weighted by Gasteiger charge is 2.34. The van der Waals surface area contributed by atoms with Gasteiger partial charge < -0.3 is 16.2 Å². The third-order valence-corrected chi connectivity index (χ3v) is 3.10. The summed E-state index contributed by atoms with van der Waals surface area (Å²) >= 11 is 0. The van der Waals surface area contributed by atoms with Crippen molar-refractivity contribution >= 4 is 17.6 Å². The molecule has 0 unspecified atom stereocenters. The molecule has 0 saturated carbocycles. The number of ether oxygens (including phenoxy) is 1.